The van der Waals surface area contributed by atoms with Crippen LogP contribution in [0.25, 0.3) is 0 Å². The van der Waals surface area contributed by atoms with Crippen LogP contribution >= 0.6 is 0 Å². The third-order valence-electron chi connectivity index (χ3n) is 1.29. The highest BCUT2D eigenvalue weighted by molar-refractivity contribution is 5.38. The van der Waals surface area contributed by atoms with Gasteiger partial charge in [-0.3, -0.25) is 0 Å². The molecule has 1 aromatic rings. The molecular formula is C8H10O2. The van der Waals surface area contributed by atoms with Crippen molar-refractivity contribution < 1.29 is 9.47 Å². The molecule has 2 nitrogen and oxygen atoms in total. The Morgan fingerprint density at radius 3 is 1.60 bits per heavy atom. The van der Waals surface area contributed by atoms with Crippen LogP contribution < -0.4 is 9.47 Å². The van der Waals surface area contributed by atoms with Crippen molar-refractivity contribution in [1.82, 2.24) is 0 Å². The van der Waals surface area contributed by atoms with Gasteiger partial charge in [-0.25, -0.2) is 0 Å². The molecular weight excluding hydrogens is 134 g/mol. The predicted molar refractivity (Wildman–Crippen MR) is 39.5 cm³/mol. The molecule has 0 amide bonds. The lowest BCUT2D eigenvalue weighted by atomic mass is 11.3. The first-order valence-electron chi connectivity index (χ1n) is 3.05. The van der Waals surface area contributed by atoms with Gasteiger partial charge in [-0.05, 0) is 12.1 Å². The van der Waals surface area contributed by atoms with Crippen molar-refractivity contribution in [2.75, 3.05) is 14.2 Å². The average Bonchev–Trinajstić information content (AvgIpc) is 2.04. The van der Waals surface area contributed by atoms with Crippen molar-refractivity contribution in [2.24, 2.45) is 0 Å². The molecule has 0 fully saturated rings. The van der Waals surface area contributed by atoms with E-state index in [1.165, 1.54) is 0 Å². The second-order valence-electron chi connectivity index (χ2n) is 1.85. The molecule has 0 saturated heterocycles. The fourth-order valence-corrected chi connectivity index (χ4v) is 0.787. The Morgan fingerprint density at radius 1 is 0.900 bits per heavy atom. The Morgan fingerprint density at radius 2 is 1.30 bits per heavy atom. The van der Waals surface area contributed by atoms with Gasteiger partial charge in [0.05, 0.1) is 14.2 Å². The maximum Gasteiger partial charge on any atom is 0.160 e. The minimum absolute atomic E-state index is 0.769. The smallest absolute Gasteiger partial charge is 0.160 e. The summed E-state index contributed by atoms with van der Waals surface area (Å²) in [5.41, 5.74) is 0. The number of ether oxygens (including phenoxy) is 2. The Labute approximate surface area is 60.4 Å². The average molecular weight is 144 g/mol. The van der Waals surface area contributed by atoms with E-state index in [4.69, 9.17) is 9.47 Å². The van der Waals surface area contributed by atoms with Crippen molar-refractivity contribution in [2.45, 2.75) is 0 Å². The zero-order valence-corrected chi connectivity index (χ0v) is 6.13. The van der Waals surface area contributed by atoms with Crippen LogP contribution in [0.3, 0.4) is 0 Å². The van der Waals surface area contributed by atoms with E-state index < -0.39 is 0 Å². The lowest BCUT2D eigenvalue weighted by Gasteiger charge is -2.04. The van der Waals surface area contributed by atoms with Crippen LogP contribution in [0.2, 0.25) is 0 Å². The monoisotopic (exact) mass is 144 g/mol. The zero-order valence-electron chi connectivity index (χ0n) is 6.13. The van der Waals surface area contributed by atoms with Crippen LogP contribution in [-0.4, -0.2) is 14.2 Å². The molecule has 0 spiro atoms. The van der Waals surface area contributed by atoms with Crippen molar-refractivity contribution in [3.63, 3.8) is 0 Å². The van der Waals surface area contributed by atoms with Crippen molar-refractivity contribution in [3.8, 4) is 11.5 Å². The summed E-state index contributed by atoms with van der Waals surface area (Å²) in [5.74, 6) is 1.54. The summed E-state index contributed by atoms with van der Waals surface area (Å²) >= 11 is 0. The molecule has 0 heterocycles. The van der Waals surface area contributed by atoms with E-state index in [0.29, 0.717) is 0 Å². The SMILES string of the molecule is CO[13c]1[13cH][13cH][13cH][13cH][13c]1OC. The Kier molecular flexibility index (Phi) is 2.15. The molecule has 0 aliphatic carbocycles. The van der Waals surface area contributed by atoms with Crippen LogP contribution in [0.4, 0.5) is 0 Å². The van der Waals surface area contributed by atoms with Crippen LogP contribution in [-0.2, 0) is 0 Å². The molecule has 2 heteroatoms. The molecule has 0 aliphatic heterocycles. The van der Waals surface area contributed by atoms with Crippen LogP contribution in [0.5, 0.6) is 11.5 Å². The molecule has 0 radical (unpaired) electrons. The first-order valence-corrected chi connectivity index (χ1v) is 3.05. The standard InChI is InChI=1S/C8H10O2/c1-9-7-5-3-4-6-8(7)10-2/h3-6H,1-2H3/i3+1,4+1,5+1,6+1,7+1,8+1. The van der Waals surface area contributed by atoms with Crippen molar-refractivity contribution in [3.05, 3.63) is 24.3 Å². The first-order chi connectivity index (χ1) is 4.88. The summed E-state index contributed by atoms with van der Waals surface area (Å²) in [6.07, 6.45) is 0. The number of rotatable bonds is 2. The van der Waals surface area contributed by atoms with Gasteiger partial charge in [-0.15, -0.1) is 0 Å². The molecule has 0 atom stereocenters. The van der Waals surface area contributed by atoms with E-state index in [1.54, 1.807) is 14.2 Å². The van der Waals surface area contributed by atoms with Crippen LogP contribution in [0.15, 0.2) is 24.3 Å². The van der Waals surface area contributed by atoms with Crippen molar-refractivity contribution >= 4 is 0 Å². The van der Waals surface area contributed by atoms with E-state index in [0.717, 1.165) is 11.5 Å². The number of para-hydroxylation sites is 2. The van der Waals surface area contributed by atoms with Gasteiger partial charge >= 0.3 is 0 Å². The second kappa shape index (κ2) is 3.11. The fourth-order valence-electron chi connectivity index (χ4n) is 0.787. The molecule has 0 saturated carbocycles. The highest BCUT2D eigenvalue weighted by Crippen LogP contribution is 2.24. The largest absolute Gasteiger partial charge is 0.493 e. The zero-order chi connectivity index (χ0) is 7.40. The van der Waals surface area contributed by atoms with Gasteiger partial charge < -0.3 is 9.47 Å². The molecule has 0 unspecified atom stereocenters. The third-order valence-corrected chi connectivity index (χ3v) is 1.29. The highest BCUT2D eigenvalue weighted by atomic mass is 16.6. The van der Waals surface area contributed by atoms with Gasteiger partial charge in [0.2, 0.25) is 0 Å². The van der Waals surface area contributed by atoms with E-state index in [2.05, 4.69) is 0 Å². The molecule has 54 valence electrons. The van der Waals surface area contributed by atoms with E-state index in [9.17, 15) is 0 Å². The van der Waals surface area contributed by atoms with E-state index in [-0.39, 0.29) is 0 Å². The number of hydrogen-bond acceptors (Lipinski definition) is 2. The molecule has 1 rings (SSSR count). The lowest BCUT2D eigenvalue weighted by Crippen LogP contribution is -1.88. The second-order valence-corrected chi connectivity index (χ2v) is 1.85. The predicted octanol–water partition coefficient (Wildman–Crippen LogP) is 1.70. The quantitative estimate of drug-likeness (QED) is 0.629. The summed E-state index contributed by atoms with van der Waals surface area (Å²) in [7, 11) is 3.25. The summed E-state index contributed by atoms with van der Waals surface area (Å²) in [6.45, 7) is 0. The number of benzene rings is 1. The van der Waals surface area contributed by atoms with Gasteiger partial charge in [0.15, 0.2) is 11.5 Å². The third kappa shape index (κ3) is 1.21. The maximum absolute atomic E-state index is 5.01. The lowest BCUT2D eigenvalue weighted by molar-refractivity contribution is 0.355. The van der Waals surface area contributed by atoms with Gasteiger partial charge in [-0.2, -0.15) is 0 Å². The minimum Gasteiger partial charge on any atom is -0.493 e. The minimum atomic E-state index is 0.769. The fraction of sp³-hybridized carbons (Fsp3) is 0.250. The first kappa shape index (κ1) is 6.93. The number of methoxy groups -OCH3 is 2. The molecule has 0 bridgehead atoms. The Hall–Kier alpha value is -1.18. The summed E-state index contributed by atoms with van der Waals surface area (Å²) < 4.78 is 10.0. The summed E-state index contributed by atoms with van der Waals surface area (Å²) in [5, 5.41) is 0. The van der Waals surface area contributed by atoms with Crippen LogP contribution in [0.1, 0.15) is 0 Å². The van der Waals surface area contributed by atoms with E-state index in [1.807, 2.05) is 24.3 Å². The van der Waals surface area contributed by atoms with Gasteiger partial charge in [0.1, 0.15) is 0 Å². The molecule has 10 heavy (non-hydrogen) atoms. The topological polar surface area (TPSA) is 18.5 Å². The van der Waals surface area contributed by atoms with Gasteiger partial charge in [0, 0.05) is 0 Å². The maximum atomic E-state index is 5.01. The molecule has 1 aromatic carbocycles. The number of hydrogen-bond donors (Lipinski definition) is 0. The molecule has 0 N–H and O–H groups in total. The Bertz CT molecular complexity index is 185. The van der Waals surface area contributed by atoms with Gasteiger partial charge in [-0.1, -0.05) is 12.1 Å². The summed E-state index contributed by atoms with van der Waals surface area (Å²) in [4.78, 5) is 0. The molecule has 0 aromatic heterocycles. The Balaban J connectivity index is 2.96. The van der Waals surface area contributed by atoms with Crippen molar-refractivity contribution in [1.29, 1.82) is 0 Å². The van der Waals surface area contributed by atoms with Crippen LogP contribution in [0, 0.1) is 0 Å². The normalized spacial score (nSPS) is 9.00. The molecule has 0 aliphatic rings. The summed E-state index contributed by atoms with van der Waals surface area (Å²) in [6, 6.07) is 7.53. The highest BCUT2D eigenvalue weighted by Gasteiger charge is 1.97. The van der Waals surface area contributed by atoms with E-state index >= 15 is 0 Å². The van der Waals surface area contributed by atoms with Gasteiger partial charge in [0.25, 0.3) is 0 Å².